The molecule has 0 saturated carbocycles. The van der Waals surface area contributed by atoms with Crippen molar-refractivity contribution >= 4 is 34.4 Å². The first-order valence-corrected chi connectivity index (χ1v) is 6.76. The van der Waals surface area contributed by atoms with Crippen molar-refractivity contribution in [2.75, 3.05) is 6.26 Å². The molecule has 3 rings (SSSR count). The topological polar surface area (TPSA) is 61.4 Å². The van der Waals surface area contributed by atoms with Gasteiger partial charge in [0.25, 0.3) is 5.95 Å². The Morgan fingerprint density at radius 3 is 2.83 bits per heavy atom. The summed E-state index contributed by atoms with van der Waals surface area (Å²) in [5.41, 5.74) is 1.65. The van der Waals surface area contributed by atoms with Gasteiger partial charge in [-0.1, -0.05) is 34.5 Å². The number of para-hydroxylation sites is 1. The minimum atomic E-state index is 0.615. The first-order valence-electron chi connectivity index (χ1n) is 5.16. The molecule has 0 aliphatic heterocycles. The van der Waals surface area contributed by atoms with Crippen molar-refractivity contribution in [2.45, 2.75) is 5.16 Å². The number of aryl methyl sites for hydroxylation is 1. The van der Waals surface area contributed by atoms with Crippen LogP contribution in [0.15, 0.2) is 23.4 Å². The largest absolute Gasteiger partial charge is 0.256 e. The summed E-state index contributed by atoms with van der Waals surface area (Å²) in [7, 11) is 1.79. The monoisotopic (exact) mass is 280 g/mol. The van der Waals surface area contributed by atoms with Crippen LogP contribution in [0.4, 0.5) is 0 Å². The molecule has 0 spiro atoms. The van der Waals surface area contributed by atoms with E-state index in [4.69, 9.17) is 11.6 Å². The quantitative estimate of drug-likeness (QED) is 0.671. The fourth-order valence-corrected chi connectivity index (χ4v) is 2.55. The van der Waals surface area contributed by atoms with E-state index < -0.39 is 0 Å². The van der Waals surface area contributed by atoms with Crippen LogP contribution < -0.4 is 0 Å². The molecule has 0 aliphatic rings. The second-order valence-electron chi connectivity index (χ2n) is 3.64. The zero-order valence-electron chi connectivity index (χ0n) is 9.70. The summed E-state index contributed by atoms with van der Waals surface area (Å²) in [6, 6.07) is 5.65. The first-order chi connectivity index (χ1) is 8.72. The normalized spacial score (nSPS) is 11.3. The Labute approximate surface area is 112 Å². The standard InChI is InChI=1S/C10H9ClN6S/c1-16-9(13-14-15-16)17-7-5-3-4-6(11)8(7)12-10(17)18-2/h3-5H,1-2H3. The summed E-state index contributed by atoms with van der Waals surface area (Å²) in [6.45, 7) is 0. The van der Waals surface area contributed by atoms with Gasteiger partial charge in [0, 0.05) is 7.05 Å². The van der Waals surface area contributed by atoms with Crippen molar-refractivity contribution in [3.8, 4) is 5.95 Å². The molecule has 2 heterocycles. The van der Waals surface area contributed by atoms with Crippen LogP contribution in [-0.4, -0.2) is 36.0 Å². The number of hydrogen-bond acceptors (Lipinski definition) is 5. The average molecular weight is 281 g/mol. The predicted molar refractivity (Wildman–Crippen MR) is 70.2 cm³/mol. The van der Waals surface area contributed by atoms with E-state index in [0.29, 0.717) is 11.0 Å². The summed E-state index contributed by atoms with van der Waals surface area (Å²) in [6.07, 6.45) is 1.95. The summed E-state index contributed by atoms with van der Waals surface area (Å²) >= 11 is 7.68. The van der Waals surface area contributed by atoms with Gasteiger partial charge in [0.1, 0.15) is 5.52 Å². The fraction of sp³-hybridized carbons (Fsp3) is 0.200. The molecule has 0 amide bonds. The maximum Gasteiger partial charge on any atom is 0.256 e. The van der Waals surface area contributed by atoms with Gasteiger partial charge in [-0.3, -0.25) is 4.57 Å². The van der Waals surface area contributed by atoms with E-state index >= 15 is 0 Å². The number of imidazole rings is 1. The molecule has 92 valence electrons. The number of benzene rings is 1. The van der Waals surface area contributed by atoms with Crippen LogP contribution in [0.2, 0.25) is 5.02 Å². The molecular weight excluding hydrogens is 272 g/mol. The Balaban J connectivity index is 2.40. The Morgan fingerprint density at radius 2 is 2.17 bits per heavy atom. The summed E-state index contributed by atoms with van der Waals surface area (Å²) in [4.78, 5) is 4.51. The average Bonchev–Trinajstić information content (AvgIpc) is 2.93. The molecular formula is C10H9ClN6S. The lowest BCUT2D eigenvalue weighted by Gasteiger charge is -2.04. The highest BCUT2D eigenvalue weighted by molar-refractivity contribution is 7.98. The molecule has 0 radical (unpaired) electrons. The van der Waals surface area contributed by atoms with Gasteiger partial charge in [-0.05, 0) is 28.8 Å². The van der Waals surface area contributed by atoms with Gasteiger partial charge < -0.3 is 0 Å². The molecule has 0 aliphatic carbocycles. The summed E-state index contributed by atoms with van der Waals surface area (Å²) in [5.74, 6) is 0.615. The van der Waals surface area contributed by atoms with Crippen molar-refractivity contribution in [2.24, 2.45) is 7.05 Å². The summed E-state index contributed by atoms with van der Waals surface area (Å²) in [5, 5.41) is 12.9. The fourth-order valence-electron chi connectivity index (χ4n) is 1.79. The molecule has 0 atom stereocenters. The SMILES string of the molecule is CSc1nc2c(Cl)cccc2n1-c1nnnn1C. The van der Waals surface area contributed by atoms with Crippen molar-refractivity contribution in [1.29, 1.82) is 0 Å². The lowest BCUT2D eigenvalue weighted by Crippen LogP contribution is -2.05. The minimum absolute atomic E-state index is 0.615. The van der Waals surface area contributed by atoms with Crippen molar-refractivity contribution in [3.05, 3.63) is 23.2 Å². The first kappa shape index (κ1) is 11.5. The number of rotatable bonds is 2. The van der Waals surface area contributed by atoms with E-state index in [2.05, 4.69) is 20.5 Å². The van der Waals surface area contributed by atoms with Gasteiger partial charge in [-0.25, -0.2) is 9.67 Å². The highest BCUT2D eigenvalue weighted by Crippen LogP contribution is 2.29. The number of halogens is 1. The van der Waals surface area contributed by atoms with E-state index in [0.717, 1.165) is 16.2 Å². The highest BCUT2D eigenvalue weighted by atomic mass is 35.5. The Kier molecular flexibility index (Phi) is 2.71. The predicted octanol–water partition coefficient (Wildman–Crippen LogP) is 1.92. The zero-order valence-corrected chi connectivity index (χ0v) is 11.3. The van der Waals surface area contributed by atoms with Crippen molar-refractivity contribution in [1.82, 2.24) is 29.8 Å². The van der Waals surface area contributed by atoms with Crippen LogP contribution >= 0.6 is 23.4 Å². The smallest absolute Gasteiger partial charge is 0.254 e. The van der Waals surface area contributed by atoms with Gasteiger partial charge in [-0.2, -0.15) is 0 Å². The molecule has 18 heavy (non-hydrogen) atoms. The number of thioether (sulfide) groups is 1. The number of aromatic nitrogens is 6. The third-order valence-corrected chi connectivity index (χ3v) is 3.53. The Bertz CT molecular complexity index is 718. The maximum atomic E-state index is 6.16. The molecule has 0 fully saturated rings. The molecule has 0 unspecified atom stereocenters. The minimum Gasteiger partial charge on any atom is -0.254 e. The number of tetrazole rings is 1. The van der Waals surface area contributed by atoms with Gasteiger partial charge in [0.15, 0.2) is 5.16 Å². The van der Waals surface area contributed by atoms with Crippen LogP contribution in [0.25, 0.3) is 17.0 Å². The molecule has 2 aromatic heterocycles. The molecule has 1 aromatic carbocycles. The van der Waals surface area contributed by atoms with Crippen LogP contribution in [0, 0.1) is 0 Å². The number of fused-ring (bicyclic) bond motifs is 1. The van der Waals surface area contributed by atoms with Crippen LogP contribution in [-0.2, 0) is 7.05 Å². The lowest BCUT2D eigenvalue weighted by molar-refractivity contribution is 0.682. The van der Waals surface area contributed by atoms with Gasteiger partial charge in [-0.15, -0.1) is 0 Å². The summed E-state index contributed by atoms with van der Waals surface area (Å²) < 4.78 is 3.49. The Hall–Kier alpha value is -1.60. The molecule has 6 nitrogen and oxygen atoms in total. The van der Waals surface area contributed by atoms with Crippen molar-refractivity contribution in [3.63, 3.8) is 0 Å². The van der Waals surface area contributed by atoms with E-state index in [-0.39, 0.29) is 0 Å². The van der Waals surface area contributed by atoms with Crippen LogP contribution in [0.3, 0.4) is 0 Å². The number of hydrogen-bond donors (Lipinski definition) is 0. The van der Waals surface area contributed by atoms with Crippen molar-refractivity contribution < 1.29 is 0 Å². The molecule has 0 bridgehead atoms. The Morgan fingerprint density at radius 1 is 1.33 bits per heavy atom. The van der Waals surface area contributed by atoms with E-state index in [1.807, 2.05) is 29.0 Å². The van der Waals surface area contributed by atoms with E-state index in [9.17, 15) is 0 Å². The maximum absolute atomic E-state index is 6.16. The highest BCUT2D eigenvalue weighted by Gasteiger charge is 2.17. The second kappa shape index (κ2) is 4.25. The lowest BCUT2D eigenvalue weighted by atomic mass is 10.3. The third kappa shape index (κ3) is 1.58. The third-order valence-electron chi connectivity index (χ3n) is 2.59. The van der Waals surface area contributed by atoms with Gasteiger partial charge in [0.2, 0.25) is 0 Å². The molecule has 8 heteroatoms. The molecule has 0 N–H and O–H groups in total. The van der Waals surface area contributed by atoms with E-state index in [1.54, 1.807) is 11.7 Å². The van der Waals surface area contributed by atoms with Gasteiger partial charge >= 0.3 is 0 Å². The number of nitrogens with zero attached hydrogens (tertiary/aromatic N) is 6. The molecule has 0 saturated heterocycles. The van der Waals surface area contributed by atoms with Crippen LogP contribution in [0.1, 0.15) is 0 Å². The zero-order chi connectivity index (χ0) is 12.7. The van der Waals surface area contributed by atoms with Gasteiger partial charge in [0.05, 0.1) is 10.5 Å². The van der Waals surface area contributed by atoms with E-state index in [1.165, 1.54) is 11.8 Å². The molecule has 3 aromatic rings. The second-order valence-corrected chi connectivity index (χ2v) is 4.82. The van der Waals surface area contributed by atoms with Crippen LogP contribution in [0.5, 0.6) is 0 Å².